The van der Waals surface area contributed by atoms with Crippen LogP contribution in [0.3, 0.4) is 0 Å². The third-order valence-corrected chi connectivity index (χ3v) is 3.61. The molecule has 0 spiro atoms. The molecule has 0 aliphatic rings. The summed E-state index contributed by atoms with van der Waals surface area (Å²) in [5.74, 6) is -1.40. The summed E-state index contributed by atoms with van der Waals surface area (Å²) in [5, 5.41) is 0. The second-order valence-corrected chi connectivity index (χ2v) is 5.21. The molecular weight excluding hydrogens is 306 g/mol. The van der Waals surface area contributed by atoms with Crippen LogP contribution in [0.5, 0.6) is 0 Å². The fraction of sp³-hybridized carbons (Fsp3) is 0.316. The van der Waals surface area contributed by atoms with Gasteiger partial charge in [0.05, 0.1) is 30.4 Å². The summed E-state index contributed by atoms with van der Waals surface area (Å²) in [6.45, 7) is 5.78. The Hall–Kier alpha value is -2.69. The zero-order valence-corrected chi connectivity index (χ0v) is 14.1. The van der Waals surface area contributed by atoms with Gasteiger partial charge in [-0.05, 0) is 50.6 Å². The zero-order valence-electron chi connectivity index (χ0n) is 14.1. The van der Waals surface area contributed by atoms with Crippen molar-refractivity contribution in [3.63, 3.8) is 0 Å². The summed E-state index contributed by atoms with van der Waals surface area (Å²) in [7, 11) is 0. The van der Waals surface area contributed by atoms with Gasteiger partial charge in [-0.3, -0.25) is 9.78 Å². The number of rotatable bonds is 6. The number of esters is 2. The van der Waals surface area contributed by atoms with Crippen LogP contribution in [0.1, 0.15) is 42.6 Å². The van der Waals surface area contributed by atoms with E-state index >= 15 is 0 Å². The quantitative estimate of drug-likeness (QED) is 0.759. The second kappa shape index (κ2) is 8.24. The van der Waals surface area contributed by atoms with E-state index in [1.165, 1.54) is 0 Å². The molecule has 2 rings (SSSR count). The van der Waals surface area contributed by atoms with E-state index in [-0.39, 0.29) is 19.2 Å². The largest absolute Gasteiger partial charge is 0.466 e. The Labute approximate surface area is 141 Å². The number of pyridine rings is 1. The van der Waals surface area contributed by atoms with E-state index in [9.17, 15) is 9.59 Å². The van der Waals surface area contributed by atoms with E-state index in [2.05, 4.69) is 4.98 Å². The van der Waals surface area contributed by atoms with Crippen LogP contribution in [-0.4, -0.2) is 30.1 Å². The minimum atomic E-state index is -0.576. The molecule has 0 aliphatic heterocycles. The average Bonchev–Trinajstić information content (AvgIpc) is 2.61. The van der Waals surface area contributed by atoms with Crippen molar-refractivity contribution >= 4 is 11.9 Å². The number of nitrogens with zero attached hydrogens (tertiary/aromatic N) is 1. The Morgan fingerprint density at radius 2 is 1.83 bits per heavy atom. The van der Waals surface area contributed by atoms with Crippen molar-refractivity contribution in [3.8, 4) is 11.3 Å². The smallest absolute Gasteiger partial charge is 0.338 e. The molecule has 0 bridgehead atoms. The maximum atomic E-state index is 12.2. The molecule has 0 saturated carbocycles. The molecule has 24 heavy (non-hydrogen) atoms. The fourth-order valence-electron chi connectivity index (χ4n) is 2.40. The summed E-state index contributed by atoms with van der Waals surface area (Å²) in [5.41, 5.74) is 2.55. The zero-order chi connectivity index (χ0) is 17.5. The van der Waals surface area contributed by atoms with Gasteiger partial charge in [-0.25, -0.2) is 4.79 Å². The molecule has 0 aliphatic carbocycles. The Kier molecular flexibility index (Phi) is 6.07. The molecule has 0 amide bonds. The van der Waals surface area contributed by atoms with Crippen LogP contribution >= 0.6 is 0 Å². The standard InChI is InChI=1S/C19H21NO4/c1-4-23-18(21)13(3)16-12-14(17-8-6-7-11-20-17)9-10-15(16)19(22)24-5-2/h6-13H,4-5H2,1-3H3. The third kappa shape index (κ3) is 3.98. The van der Waals surface area contributed by atoms with Crippen LogP contribution in [0.4, 0.5) is 0 Å². The number of aromatic nitrogens is 1. The first-order valence-corrected chi connectivity index (χ1v) is 7.97. The monoisotopic (exact) mass is 327 g/mol. The van der Waals surface area contributed by atoms with Crippen LogP contribution in [0.2, 0.25) is 0 Å². The van der Waals surface area contributed by atoms with E-state index in [0.29, 0.717) is 11.1 Å². The van der Waals surface area contributed by atoms with Gasteiger partial charge in [-0.1, -0.05) is 12.1 Å². The molecule has 0 saturated heterocycles. The number of ether oxygens (including phenoxy) is 2. The molecule has 1 aromatic carbocycles. The van der Waals surface area contributed by atoms with E-state index in [0.717, 1.165) is 11.3 Å². The average molecular weight is 327 g/mol. The lowest BCUT2D eigenvalue weighted by atomic mass is 9.92. The Morgan fingerprint density at radius 1 is 1.08 bits per heavy atom. The highest BCUT2D eigenvalue weighted by molar-refractivity contribution is 5.94. The molecule has 5 heteroatoms. The van der Waals surface area contributed by atoms with Gasteiger partial charge in [0.25, 0.3) is 0 Å². The van der Waals surface area contributed by atoms with Gasteiger partial charge in [0.1, 0.15) is 0 Å². The maximum Gasteiger partial charge on any atom is 0.338 e. The van der Waals surface area contributed by atoms with Crippen LogP contribution < -0.4 is 0 Å². The maximum absolute atomic E-state index is 12.2. The Balaban J connectivity index is 2.49. The predicted molar refractivity (Wildman–Crippen MR) is 90.7 cm³/mol. The summed E-state index contributed by atoms with van der Waals surface area (Å²) in [4.78, 5) is 28.7. The van der Waals surface area contributed by atoms with Gasteiger partial charge in [0.15, 0.2) is 0 Å². The lowest BCUT2D eigenvalue weighted by Crippen LogP contribution is -2.17. The number of hydrogen-bond acceptors (Lipinski definition) is 5. The van der Waals surface area contributed by atoms with Crippen LogP contribution in [-0.2, 0) is 14.3 Å². The molecule has 5 nitrogen and oxygen atoms in total. The van der Waals surface area contributed by atoms with Gasteiger partial charge in [0.2, 0.25) is 0 Å². The van der Waals surface area contributed by atoms with E-state index in [4.69, 9.17) is 9.47 Å². The molecule has 0 N–H and O–H groups in total. The molecule has 1 heterocycles. The third-order valence-electron chi connectivity index (χ3n) is 3.61. The molecule has 126 valence electrons. The van der Waals surface area contributed by atoms with Crippen LogP contribution in [0, 0.1) is 0 Å². The van der Waals surface area contributed by atoms with Crippen molar-refractivity contribution in [2.75, 3.05) is 13.2 Å². The van der Waals surface area contributed by atoms with Gasteiger partial charge < -0.3 is 9.47 Å². The van der Waals surface area contributed by atoms with E-state index in [1.807, 2.05) is 18.2 Å². The molecule has 2 aromatic rings. The predicted octanol–water partition coefficient (Wildman–Crippen LogP) is 3.59. The molecule has 0 fully saturated rings. The van der Waals surface area contributed by atoms with Gasteiger partial charge >= 0.3 is 11.9 Å². The number of carbonyl (C=O) groups is 2. The summed E-state index contributed by atoms with van der Waals surface area (Å²) in [6, 6.07) is 10.9. The topological polar surface area (TPSA) is 65.5 Å². The van der Waals surface area contributed by atoms with Crippen molar-refractivity contribution in [1.82, 2.24) is 4.98 Å². The first-order chi connectivity index (χ1) is 11.6. The number of hydrogen-bond donors (Lipinski definition) is 0. The Bertz CT molecular complexity index is 713. The minimum absolute atomic E-state index is 0.272. The molecule has 1 unspecified atom stereocenters. The van der Waals surface area contributed by atoms with Gasteiger partial charge in [0, 0.05) is 11.8 Å². The highest BCUT2D eigenvalue weighted by atomic mass is 16.5. The highest BCUT2D eigenvalue weighted by Crippen LogP contribution is 2.27. The SMILES string of the molecule is CCOC(=O)c1ccc(-c2ccccn2)cc1C(C)C(=O)OCC. The number of benzene rings is 1. The molecule has 1 aromatic heterocycles. The van der Waals surface area contributed by atoms with Crippen molar-refractivity contribution in [2.24, 2.45) is 0 Å². The van der Waals surface area contributed by atoms with E-state index < -0.39 is 11.9 Å². The molecular formula is C19H21NO4. The number of carbonyl (C=O) groups excluding carboxylic acids is 2. The van der Waals surface area contributed by atoms with Gasteiger partial charge in [-0.15, -0.1) is 0 Å². The first-order valence-electron chi connectivity index (χ1n) is 7.97. The first kappa shape index (κ1) is 17.7. The fourth-order valence-corrected chi connectivity index (χ4v) is 2.40. The van der Waals surface area contributed by atoms with Crippen molar-refractivity contribution in [3.05, 3.63) is 53.7 Å². The minimum Gasteiger partial charge on any atom is -0.466 e. The lowest BCUT2D eigenvalue weighted by Gasteiger charge is -2.16. The van der Waals surface area contributed by atoms with Gasteiger partial charge in [-0.2, -0.15) is 0 Å². The molecule has 0 radical (unpaired) electrons. The lowest BCUT2D eigenvalue weighted by molar-refractivity contribution is -0.144. The summed E-state index contributed by atoms with van der Waals surface area (Å²) >= 11 is 0. The summed E-state index contributed by atoms with van der Waals surface area (Å²) < 4.78 is 10.2. The van der Waals surface area contributed by atoms with Crippen molar-refractivity contribution in [1.29, 1.82) is 0 Å². The van der Waals surface area contributed by atoms with Crippen molar-refractivity contribution < 1.29 is 19.1 Å². The molecule has 1 atom stereocenters. The van der Waals surface area contributed by atoms with E-state index in [1.54, 1.807) is 45.2 Å². The Morgan fingerprint density at radius 3 is 2.46 bits per heavy atom. The summed E-state index contributed by atoms with van der Waals surface area (Å²) in [6.07, 6.45) is 1.70. The van der Waals surface area contributed by atoms with Crippen LogP contribution in [0.15, 0.2) is 42.6 Å². The highest BCUT2D eigenvalue weighted by Gasteiger charge is 2.24. The second-order valence-electron chi connectivity index (χ2n) is 5.21. The van der Waals surface area contributed by atoms with Crippen molar-refractivity contribution in [2.45, 2.75) is 26.7 Å². The normalized spacial score (nSPS) is 11.6. The van der Waals surface area contributed by atoms with Crippen LogP contribution in [0.25, 0.3) is 11.3 Å².